The topological polar surface area (TPSA) is 54.9 Å². The Morgan fingerprint density at radius 3 is 2.66 bits per heavy atom. The van der Waals surface area contributed by atoms with Gasteiger partial charge in [-0.3, -0.25) is 9.69 Å². The van der Waals surface area contributed by atoms with E-state index in [0.717, 1.165) is 55.8 Å². The van der Waals surface area contributed by atoms with Gasteiger partial charge in [0.1, 0.15) is 17.4 Å². The van der Waals surface area contributed by atoms with Gasteiger partial charge in [0, 0.05) is 38.0 Å². The van der Waals surface area contributed by atoms with Gasteiger partial charge in [0.15, 0.2) is 0 Å². The van der Waals surface area contributed by atoms with Crippen LogP contribution in [0.15, 0.2) is 23.6 Å². The molecule has 1 amide bonds. The first kappa shape index (κ1) is 21.7. The minimum absolute atomic E-state index is 0.166. The lowest BCUT2D eigenvalue weighted by atomic mass is 10.1. The Balaban J connectivity index is 1.54. The van der Waals surface area contributed by atoms with Crippen LogP contribution in [0.3, 0.4) is 0 Å². The van der Waals surface area contributed by atoms with Gasteiger partial charge >= 0.3 is 0 Å². The highest BCUT2D eigenvalue weighted by Crippen LogP contribution is 2.19. The van der Waals surface area contributed by atoms with Gasteiger partial charge in [-0.1, -0.05) is 13.0 Å². The molecule has 0 unspecified atom stereocenters. The van der Waals surface area contributed by atoms with Gasteiger partial charge in [-0.15, -0.1) is 11.3 Å². The SMILES string of the molecule is CCC(=O)N(CCN1CCOCC1)Cc1csc(COc2cc(C)cc(C)c2)n1. The molecular formula is C22H31N3O3S. The normalized spacial score (nSPS) is 14.7. The van der Waals surface area contributed by atoms with Crippen molar-refractivity contribution in [2.75, 3.05) is 39.4 Å². The van der Waals surface area contributed by atoms with Gasteiger partial charge in [-0.05, 0) is 37.1 Å². The minimum atomic E-state index is 0.166. The molecule has 0 atom stereocenters. The van der Waals surface area contributed by atoms with E-state index in [1.165, 1.54) is 11.1 Å². The van der Waals surface area contributed by atoms with Crippen LogP contribution in [0, 0.1) is 13.8 Å². The average Bonchev–Trinajstić information content (AvgIpc) is 3.16. The number of thiazole rings is 1. The van der Waals surface area contributed by atoms with E-state index in [0.29, 0.717) is 19.6 Å². The fraction of sp³-hybridized carbons (Fsp3) is 0.545. The summed E-state index contributed by atoms with van der Waals surface area (Å²) in [6.07, 6.45) is 0.510. The quantitative estimate of drug-likeness (QED) is 0.626. The van der Waals surface area contributed by atoms with Gasteiger partial charge in [0.25, 0.3) is 0 Å². The van der Waals surface area contributed by atoms with Crippen molar-refractivity contribution in [1.29, 1.82) is 0 Å². The zero-order chi connectivity index (χ0) is 20.6. The fourth-order valence-corrected chi connectivity index (χ4v) is 4.14. The lowest BCUT2D eigenvalue weighted by Crippen LogP contribution is -2.42. The first-order valence-electron chi connectivity index (χ1n) is 10.3. The first-order chi connectivity index (χ1) is 14.0. The van der Waals surface area contributed by atoms with E-state index in [2.05, 4.69) is 29.8 Å². The number of carbonyl (C=O) groups excluding carboxylic acids is 1. The number of aryl methyl sites for hydroxylation is 2. The number of carbonyl (C=O) groups is 1. The highest BCUT2D eigenvalue weighted by Gasteiger charge is 2.17. The predicted octanol–water partition coefficient (Wildman–Crippen LogP) is 3.41. The summed E-state index contributed by atoms with van der Waals surface area (Å²) in [5.74, 6) is 1.03. The Kier molecular flexibility index (Phi) is 8.03. The molecule has 3 rings (SSSR count). The van der Waals surface area contributed by atoms with E-state index in [4.69, 9.17) is 9.47 Å². The lowest BCUT2D eigenvalue weighted by molar-refractivity contribution is -0.131. The van der Waals surface area contributed by atoms with Crippen LogP contribution in [-0.2, 0) is 22.7 Å². The van der Waals surface area contributed by atoms with E-state index in [-0.39, 0.29) is 5.91 Å². The van der Waals surface area contributed by atoms with Crippen LogP contribution in [-0.4, -0.2) is 60.1 Å². The molecule has 2 aromatic rings. The van der Waals surface area contributed by atoms with Crippen molar-refractivity contribution in [3.05, 3.63) is 45.4 Å². The number of benzene rings is 1. The number of hydrogen-bond acceptors (Lipinski definition) is 6. The summed E-state index contributed by atoms with van der Waals surface area (Å²) in [7, 11) is 0. The summed E-state index contributed by atoms with van der Waals surface area (Å²) in [6.45, 7) is 12.1. The van der Waals surface area contributed by atoms with Crippen LogP contribution < -0.4 is 4.74 Å². The molecule has 1 aromatic heterocycles. The largest absolute Gasteiger partial charge is 0.486 e. The molecule has 0 spiro atoms. The van der Waals surface area contributed by atoms with E-state index in [1.807, 2.05) is 29.3 Å². The second kappa shape index (κ2) is 10.7. The lowest BCUT2D eigenvalue weighted by Gasteiger charge is -2.29. The van der Waals surface area contributed by atoms with Gasteiger partial charge in [0.05, 0.1) is 25.5 Å². The highest BCUT2D eigenvalue weighted by molar-refractivity contribution is 7.09. The van der Waals surface area contributed by atoms with Crippen molar-refractivity contribution in [2.24, 2.45) is 0 Å². The Morgan fingerprint density at radius 2 is 1.97 bits per heavy atom. The Hall–Kier alpha value is -1.96. The molecular weight excluding hydrogens is 386 g/mol. The van der Waals surface area contributed by atoms with Crippen LogP contribution in [0.4, 0.5) is 0 Å². The van der Waals surface area contributed by atoms with E-state index in [1.54, 1.807) is 11.3 Å². The summed E-state index contributed by atoms with van der Waals surface area (Å²) in [4.78, 5) is 21.4. The van der Waals surface area contributed by atoms with Crippen LogP contribution in [0.25, 0.3) is 0 Å². The molecule has 158 valence electrons. The zero-order valence-electron chi connectivity index (χ0n) is 17.6. The number of hydrogen-bond donors (Lipinski definition) is 0. The van der Waals surface area contributed by atoms with Crippen LogP contribution >= 0.6 is 11.3 Å². The third-order valence-electron chi connectivity index (χ3n) is 4.95. The van der Waals surface area contributed by atoms with Crippen LogP contribution in [0.5, 0.6) is 5.75 Å². The third-order valence-corrected chi connectivity index (χ3v) is 5.83. The Bertz CT molecular complexity index is 782. The van der Waals surface area contributed by atoms with Crippen molar-refractivity contribution < 1.29 is 14.3 Å². The molecule has 1 aliphatic rings. The van der Waals surface area contributed by atoms with Crippen molar-refractivity contribution in [2.45, 2.75) is 40.3 Å². The summed E-state index contributed by atoms with van der Waals surface area (Å²) in [5.41, 5.74) is 3.31. The molecule has 7 heteroatoms. The standard InChI is InChI=1S/C22H31N3O3S/c1-4-22(26)25(6-5-24-7-9-27-10-8-24)14-19-16-29-21(23-19)15-28-20-12-17(2)11-18(3)13-20/h11-13,16H,4-10,14-15H2,1-3H3. The molecule has 1 saturated heterocycles. The number of rotatable bonds is 9. The Morgan fingerprint density at radius 1 is 1.24 bits per heavy atom. The van der Waals surface area contributed by atoms with Crippen molar-refractivity contribution in [3.63, 3.8) is 0 Å². The molecule has 29 heavy (non-hydrogen) atoms. The summed E-state index contributed by atoms with van der Waals surface area (Å²) in [6, 6.07) is 6.20. The second-order valence-electron chi connectivity index (χ2n) is 7.47. The van der Waals surface area contributed by atoms with Gasteiger partial charge in [-0.2, -0.15) is 0 Å². The van der Waals surface area contributed by atoms with Gasteiger partial charge in [-0.25, -0.2) is 4.98 Å². The van der Waals surface area contributed by atoms with E-state index in [9.17, 15) is 4.79 Å². The molecule has 1 aromatic carbocycles. The van der Waals surface area contributed by atoms with Crippen LogP contribution in [0.1, 0.15) is 35.2 Å². The molecule has 0 saturated carbocycles. The second-order valence-corrected chi connectivity index (χ2v) is 8.41. The number of amides is 1. The average molecular weight is 418 g/mol. The first-order valence-corrected chi connectivity index (χ1v) is 11.1. The fourth-order valence-electron chi connectivity index (χ4n) is 3.45. The van der Waals surface area contributed by atoms with Gasteiger partial charge < -0.3 is 14.4 Å². The maximum Gasteiger partial charge on any atom is 0.222 e. The number of aromatic nitrogens is 1. The maximum absolute atomic E-state index is 12.4. The maximum atomic E-state index is 12.4. The predicted molar refractivity (Wildman–Crippen MR) is 115 cm³/mol. The number of morpholine rings is 1. The summed E-state index contributed by atoms with van der Waals surface area (Å²) in [5, 5.41) is 2.96. The number of ether oxygens (including phenoxy) is 2. The van der Waals surface area contributed by atoms with Crippen molar-refractivity contribution in [3.8, 4) is 5.75 Å². The van der Waals surface area contributed by atoms with E-state index >= 15 is 0 Å². The number of nitrogens with zero attached hydrogens (tertiary/aromatic N) is 3. The molecule has 0 bridgehead atoms. The highest BCUT2D eigenvalue weighted by atomic mass is 32.1. The molecule has 1 fully saturated rings. The van der Waals surface area contributed by atoms with Gasteiger partial charge in [0.2, 0.25) is 5.91 Å². The van der Waals surface area contributed by atoms with Crippen LogP contribution in [0.2, 0.25) is 0 Å². The molecule has 6 nitrogen and oxygen atoms in total. The molecule has 0 aliphatic carbocycles. The van der Waals surface area contributed by atoms with Crippen molar-refractivity contribution in [1.82, 2.24) is 14.8 Å². The summed E-state index contributed by atoms with van der Waals surface area (Å²) < 4.78 is 11.3. The smallest absolute Gasteiger partial charge is 0.222 e. The minimum Gasteiger partial charge on any atom is -0.486 e. The van der Waals surface area contributed by atoms with E-state index < -0.39 is 0 Å². The third kappa shape index (κ3) is 6.80. The zero-order valence-corrected chi connectivity index (χ0v) is 18.5. The monoisotopic (exact) mass is 417 g/mol. The van der Waals surface area contributed by atoms with Crippen molar-refractivity contribution >= 4 is 17.2 Å². The molecule has 0 N–H and O–H groups in total. The molecule has 2 heterocycles. The Labute approximate surface area is 177 Å². The molecule has 0 radical (unpaired) electrons. The molecule has 1 aliphatic heterocycles. The summed E-state index contributed by atoms with van der Waals surface area (Å²) >= 11 is 1.58.